The van der Waals surface area contributed by atoms with E-state index in [2.05, 4.69) is 14.9 Å². The van der Waals surface area contributed by atoms with E-state index >= 15 is 0 Å². The smallest absolute Gasteiger partial charge is 0.241 e. The number of nitrogens with zero attached hydrogens (tertiary/aromatic N) is 5. The van der Waals surface area contributed by atoms with E-state index in [0.717, 1.165) is 37.3 Å². The van der Waals surface area contributed by atoms with Gasteiger partial charge in [-0.2, -0.15) is 5.10 Å². The molecule has 0 saturated carbocycles. The molecule has 138 valence electrons. The number of likely N-dealkylation sites (N-methyl/N-ethyl adjacent to an activating group) is 1. The molecule has 26 heavy (non-hydrogen) atoms. The number of benzene rings is 1. The van der Waals surface area contributed by atoms with Crippen LogP contribution in [0.15, 0.2) is 36.7 Å². The summed E-state index contributed by atoms with van der Waals surface area (Å²) in [5, 5.41) is 4.21. The van der Waals surface area contributed by atoms with Gasteiger partial charge in [-0.05, 0) is 31.2 Å². The van der Waals surface area contributed by atoms with Crippen molar-refractivity contribution in [1.29, 1.82) is 0 Å². The highest BCUT2D eigenvalue weighted by Gasteiger charge is 2.47. The lowest BCUT2D eigenvalue weighted by atomic mass is 9.93. The summed E-state index contributed by atoms with van der Waals surface area (Å²) in [5.41, 5.74) is 1.92. The first-order valence-electron chi connectivity index (χ1n) is 8.92. The zero-order valence-electron chi connectivity index (χ0n) is 15.2. The minimum Gasteiger partial charge on any atom is -0.306 e. The van der Waals surface area contributed by atoms with Crippen molar-refractivity contribution in [3.8, 4) is 0 Å². The molecule has 2 aliphatic heterocycles. The minimum atomic E-state index is -0.204. The number of amides is 1. The van der Waals surface area contributed by atoms with Crippen LogP contribution in [0.5, 0.6) is 0 Å². The van der Waals surface area contributed by atoms with Gasteiger partial charge in [-0.3, -0.25) is 19.3 Å². The highest BCUT2D eigenvalue weighted by molar-refractivity contribution is 5.95. The van der Waals surface area contributed by atoms with Crippen molar-refractivity contribution >= 4 is 11.6 Å². The maximum atomic E-state index is 13.1. The van der Waals surface area contributed by atoms with E-state index in [1.54, 1.807) is 10.9 Å². The lowest BCUT2D eigenvalue weighted by molar-refractivity contribution is -0.123. The van der Waals surface area contributed by atoms with Gasteiger partial charge in [0, 0.05) is 39.4 Å². The molecular weight excluding hydrogens is 333 g/mol. The number of hydrogen-bond donors (Lipinski definition) is 0. The van der Waals surface area contributed by atoms with Crippen LogP contribution in [0.2, 0.25) is 0 Å². The van der Waals surface area contributed by atoms with Crippen LogP contribution in [0.25, 0.3) is 0 Å². The molecule has 0 N–H and O–H groups in total. The molecule has 6 nitrogen and oxygen atoms in total. The Bertz CT molecular complexity index is 805. The molecule has 4 rings (SSSR count). The van der Waals surface area contributed by atoms with Crippen LogP contribution in [0, 0.1) is 5.82 Å². The molecule has 2 aliphatic rings. The number of rotatable bonds is 3. The van der Waals surface area contributed by atoms with Crippen LogP contribution in [-0.2, 0) is 18.4 Å². The van der Waals surface area contributed by atoms with Crippen LogP contribution < -0.4 is 4.90 Å². The first-order chi connectivity index (χ1) is 12.4. The highest BCUT2D eigenvalue weighted by atomic mass is 19.1. The molecule has 3 heterocycles. The molecule has 0 aliphatic carbocycles. The number of likely N-dealkylation sites (tertiary alicyclic amines) is 1. The fourth-order valence-corrected chi connectivity index (χ4v) is 4.11. The number of piperazine rings is 1. The van der Waals surface area contributed by atoms with Crippen LogP contribution in [0.1, 0.15) is 12.0 Å². The first kappa shape index (κ1) is 17.2. The Morgan fingerprint density at radius 2 is 1.96 bits per heavy atom. The summed E-state index contributed by atoms with van der Waals surface area (Å²) in [6.07, 6.45) is 4.65. The zero-order valence-corrected chi connectivity index (χ0v) is 15.2. The number of aryl methyl sites for hydroxylation is 1. The van der Waals surface area contributed by atoms with Crippen molar-refractivity contribution in [2.45, 2.75) is 18.5 Å². The fraction of sp³-hybridized carbons (Fsp3) is 0.474. The minimum absolute atomic E-state index is 0.0518. The molecular formula is C19H24FN5O. The van der Waals surface area contributed by atoms with E-state index in [-0.39, 0.29) is 17.3 Å². The average Bonchev–Trinajstić information content (AvgIpc) is 3.21. The summed E-state index contributed by atoms with van der Waals surface area (Å²) in [7, 11) is 3.90. The zero-order chi connectivity index (χ0) is 18.3. The Labute approximate surface area is 152 Å². The van der Waals surface area contributed by atoms with Gasteiger partial charge < -0.3 is 4.90 Å². The van der Waals surface area contributed by atoms with Gasteiger partial charge in [0.15, 0.2) is 0 Å². The highest BCUT2D eigenvalue weighted by Crippen LogP contribution is 2.33. The molecule has 1 aromatic heterocycles. The van der Waals surface area contributed by atoms with Crippen molar-refractivity contribution in [3.05, 3.63) is 48.0 Å². The van der Waals surface area contributed by atoms with E-state index in [9.17, 15) is 9.18 Å². The van der Waals surface area contributed by atoms with Crippen LogP contribution in [0.3, 0.4) is 0 Å². The molecule has 1 atom stereocenters. The Hall–Kier alpha value is -2.25. The summed E-state index contributed by atoms with van der Waals surface area (Å²) in [6.45, 7) is 3.76. The normalized spacial score (nSPS) is 24.7. The number of anilines is 1. The summed E-state index contributed by atoms with van der Waals surface area (Å²) >= 11 is 0. The molecule has 0 unspecified atom stereocenters. The van der Waals surface area contributed by atoms with Gasteiger partial charge in [0.2, 0.25) is 5.91 Å². The van der Waals surface area contributed by atoms with E-state index < -0.39 is 0 Å². The summed E-state index contributed by atoms with van der Waals surface area (Å²) in [5.74, 6) is -0.0904. The molecule has 1 amide bonds. The second-order valence-corrected chi connectivity index (χ2v) is 7.52. The Balaban J connectivity index is 1.50. The van der Waals surface area contributed by atoms with Gasteiger partial charge in [-0.15, -0.1) is 0 Å². The number of carbonyl (C=O) groups excluding carboxylic acids is 1. The molecule has 7 heteroatoms. The lowest BCUT2D eigenvalue weighted by Gasteiger charge is -2.46. The molecule has 0 bridgehead atoms. The van der Waals surface area contributed by atoms with Crippen molar-refractivity contribution in [3.63, 3.8) is 0 Å². The number of halogens is 1. The van der Waals surface area contributed by atoms with Gasteiger partial charge in [0.25, 0.3) is 0 Å². The predicted octanol–water partition coefficient (Wildman–Crippen LogP) is 1.48. The van der Waals surface area contributed by atoms with E-state index in [1.807, 2.05) is 37.3 Å². The lowest BCUT2D eigenvalue weighted by Crippen LogP contribution is -2.64. The Morgan fingerprint density at radius 3 is 2.65 bits per heavy atom. The van der Waals surface area contributed by atoms with Gasteiger partial charge in [0.05, 0.1) is 24.0 Å². The maximum Gasteiger partial charge on any atom is 0.241 e. The summed E-state index contributed by atoms with van der Waals surface area (Å²) in [4.78, 5) is 19.0. The Morgan fingerprint density at radius 1 is 1.19 bits per heavy atom. The molecule has 2 saturated heterocycles. The monoisotopic (exact) mass is 357 g/mol. The molecule has 2 fully saturated rings. The third-order valence-electron chi connectivity index (χ3n) is 5.67. The SMILES string of the molecule is CN1CC(=O)N(c2cnn(C)c2)C[C@]12CCN(Cc1ccc(F)cc1)C2. The van der Waals surface area contributed by atoms with Gasteiger partial charge in [-0.25, -0.2) is 4.39 Å². The van der Waals surface area contributed by atoms with Gasteiger partial charge >= 0.3 is 0 Å². The average molecular weight is 357 g/mol. The molecule has 1 aromatic carbocycles. The van der Waals surface area contributed by atoms with Crippen molar-refractivity contribution in [2.75, 3.05) is 38.1 Å². The fourth-order valence-electron chi connectivity index (χ4n) is 4.11. The van der Waals surface area contributed by atoms with E-state index in [1.165, 1.54) is 12.1 Å². The maximum absolute atomic E-state index is 13.1. The first-order valence-corrected chi connectivity index (χ1v) is 8.92. The third-order valence-corrected chi connectivity index (χ3v) is 5.67. The number of aromatic nitrogens is 2. The molecule has 0 radical (unpaired) electrons. The van der Waals surface area contributed by atoms with Crippen LogP contribution in [-0.4, -0.2) is 64.3 Å². The Kier molecular flexibility index (Phi) is 4.28. The second-order valence-electron chi connectivity index (χ2n) is 7.52. The van der Waals surface area contributed by atoms with Crippen molar-refractivity contribution in [1.82, 2.24) is 19.6 Å². The summed E-state index contributed by atoms with van der Waals surface area (Å²) in [6, 6.07) is 6.71. The molecule has 2 aromatic rings. The predicted molar refractivity (Wildman–Crippen MR) is 97.2 cm³/mol. The topological polar surface area (TPSA) is 44.6 Å². The summed E-state index contributed by atoms with van der Waals surface area (Å²) < 4.78 is 14.8. The number of hydrogen-bond acceptors (Lipinski definition) is 4. The molecule has 1 spiro atoms. The van der Waals surface area contributed by atoms with Crippen LogP contribution in [0.4, 0.5) is 10.1 Å². The van der Waals surface area contributed by atoms with Gasteiger partial charge in [-0.1, -0.05) is 12.1 Å². The second kappa shape index (κ2) is 6.48. The number of carbonyl (C=O) groups is 1. The van der Waals surface area contributed by atoms with E-state index in [4.69, 9.17) is 0 Å². The van der Waals surface area contributed by atoms with Crippen molar-refractivity contribution < 1.29 is 9.18 Å². The quantitative estimate of drug-likeness (QED) is 0.835. The van der Waals surface area contributed by atoms with Gasteiger partial charge in [0.1, 0.15) is 5.82 Å². The van der Waals surface area contributed by atoms with Crippen molar-refractivity contribution in [2.24, 2.45) is 7.05 Å². The largest absolute Gasteiger partial charge is 0.306 e. The van der Waals surface area contributed by atoms with Crippen LogP contribution >= 0.6 is 0 Å². The van der Waals surface area contributed by atoms with E-state index in [0.29, 0.717) is 13.1 Å². The third kappa shape index (κ3) is 3.12. The standard InChI is InChI=1S/C19H24FN5O/c1-22-12-18(26)25(17-9-21-23(2)11-17)14-19(22)7-8-24(13-19)10-15-3-5-16(20)6-4-15/h3-6,9,11H,7-8,10,12-14H2,1-2H3/t19-/m1/s1.